The number of amides is 1. The highest BCUT2D eigenvalue weighted by Crippen LogP contribution is 2.39. The third kappa shape index (κ3) is 6.12. The van der Waals surface area contributed by atoms with Crippen molar-refractivity contribution in [3.05, 3.63) is 74.6 Å². The summed E-state index contributed by atoms with van der Waals surface area (Å²) in [6.07, 6.45) is 8.65. The second kappa shape index (κ2) is 11.1. The maximum absolute atomic E-state index is 13.4. The molecule has 1 N–H and O–H groups in total. The van der Waals surface area contributed by atoms with E-state index in [-0.39, 0.29) is 12.0 Å². The summed E-state index contributed by atoms with van der Waals surface area (Å²) in [5.41, 5.74) is 3.67. The molecule has 0 saturated carbocycles. The molecule has 1 aliphatic rings. The minimum atomic E-state index is -0.0757. The number of aliphatic imine (C=N–C) groups is 1. The molecule has 0 aliphatic heterocycles. The predicted octanol–water partition coefficient (Wildman–Crippen LogP) is 7.96. The van der Waals surface area contributed by atoms with E-state index in [0.29, 0.717) is 0 Å². The van der Waals surface area contributed by atoms with E-state index in [2.05, 4.69) is 21.2 Å². The Morgan fingerprint density at radius 3 is 2.58 bits per heavy atom. The summed E-state index contributed by atoms with van der Waals surface area (Å²) in [7, 11) is 0. The van der Waals surface area contributed by atoms with Gasteiger partial charge in [0.2, 0.25) is 0 Å². The van der Waals surface area contributed by atoms with E-state index in [4.69, 9.17) is 9.73 Å². The van der Waals surface area contributed by atoms with Gasteiger partial charge >= 0.3 is 0 Å². The molecule has 0 fully saturated rings. The lowest BCUT2D eigenvalue weighted by molar-refractivity contribution is 0.102. The van der Waals surface area contributed by atoms with Crippen LogP contribution < -0.4 is 10.1 Å². The molecule has 0 radical (unpaired) electrons. The van der Waals surface area contributed by atoms with Crippen LogP contribution in [0.25, 0.3) is 0 Å². The van der Waals surface area contributed by atoms with Gasteiger partial charge in [0.25, 0.3) is 5.91 Å². The Bertz CT molecular complexity index is 1140. The molecule has 6 heteroatoms. The number of halogens is 1. The van der Waals surface area contributed by atoms with E-state index in [1.54, 1.807) is 11.3 Å². The van der Waals surface area contributed by atoms with Crippen molar-refractivity contribution in [2.24, 2.45) is 4.99 Å². The highest BCUT2D eigenvalue weighted by atomic mass is 79.9. The number of thiophene rings is 1. The number of nitrogens with one attached hydrogen (secondary N) is 1. The van der Waals surface area contributed by atoms with Crippen LogP contribution >= 0.6 is 27.3 Å². The SMILES string of the molecule is CC(C)Oc1ccc(C=Nc2sc3c(c2C(=O)Nc2ccccc2)CCCCCC3)cc1Br. The average Bonchev–Trinajstić information content (AvgIpc) is 3.11. The molecule has 4 rings (SSSR count). The minimum Gasteiger partial charge on any atom is -0.490 e. The quantitative estimate of drug-likeness (QED) is 0.332. The molecule has 1 amide bonds. The zero-order valence-corrected chi connectivity index (χ0v) is 21.5. The number of hydrogen-bond donors (Lipinski definition) is 1. The van der Waals surface area contributed by atoms with E-state index in [0.717, 1.165) is 51.3 Å². The van der Waals surface area contributed by atoms with Crippen molar-refractivity contribution < 1.29 is 9.53 Å². The van der Waals surface area contributed by atoms with E-state index >= 15 is 0 Å². The maximum atomic E-state index is 13.4. The van der Waals surface area contributed by atoms with Crippen molar-refractivity contribution in [1.29, 1.82) is 0 Å². The Morgan fingerprint density at radius 2 is 1.85 bits per heavy atom. The van der Waals surface area contributed by atoms with Crippen molar-refractivity contribution in [2.75, 3.05) is 5.32 Å². The summed E-state index contributed by atoms with van der Waals surface area (Å²) in [5.74, 6) is 0.734. The highest BCUT2D eigenvalue weighted by Gasteiger charge is 2.24. The van der Waals surface area contributed by atoms with Crippen molar-refractivity contribution >= 4 is 50.1 Å². The number of hydrogen-bond acceptors (Lipinski definition) is 4. The Kier molecular flexibility index (Phi) is 7.99. The van der Waals surface area contributed by atoms with Crippen LogP contribution in [0, 0.1) is 0 Å². The largest absolute Gasteiger partial charge is 0.490 e. The fourth-order valence-electron chi connectivity index (χ4n) is 4.03. The van der Waals surface area contributed by atoms with Gasteiger partial charge in [-0.2, -0.15) is 0 Å². The first-order chi connectivity index (χ1) is 16.0. The summed E-state index contributed by atoms with van der Waals surface area (Å²) in [6.45, 7) is 4.01. The van der Waals surface area contributed by atoms with Crippen molar-refractivity contribution in [1.82, 2.24) is 0 Å². The molecule has 1 aliphatic carbocycles. The lowest BCUT2D eigenvalue weighted by atomic mass is 9.96. The van der Waals surface area contributed by atoms with Crippen LogP contribution in [-0.4, -0.2) is 18.2 Å². The lowest BCUT2D eigenvalue weighted by Gasteiger charge is -2.12. The summed E-state index contributed by atoms with van der Waals surface area (Å²) in [5, 5.41) is 3.86. The minimum absolute atomic E-state index is 0.0757. The summed E-state index contributed by atoms with van der Waals surface area (Å²) in [4.78, 5) is 19.5. The predicted molar refractivity (Wildman–Crippen MR) is 142 cm³/mol. The number of benzene rings is 2. The van der Waals surface area contributed by atoms with Gasteiger partial charge in [0.05, 0.1) is 16.1 Å². The molecule has 0 saturated heterocycles. The monoisotopic (exact) mass is 524 g/mol. The Hall–Kier alpha value is -2.44. The normalized spacial score (nSPS) is 14.1. The van der Waals surface area contributed by atoms with Crippen LogP contribution in [0.4, 0.5) is 10.7 Å². The molecule has 0 bridgehead atoms. The fourth-order valence-corrected chi connectivity index (χ4v) is 5.75. The second-order valence-corrected chi connectivity index (χ2v) is 10.5. The Labute approximate surface area is 208 Å². The number of rotatable bonds is 6. The molecule has 0 spiro atoms. The fraction of sp³-hybridized carbons (Fsp3) is 0.333. The number of aryl methyl sites for hydroxylation is 1. The lowest BCUT2D eigenvalue weighted by Crippen LogP contribution is -2.14. The van der Waals surface area contributed by atoms with E-state index in [1.807, 2.05) is 68.6 Å². The summed E-state index contributed by atoms with van der Waals surface area (Å²) in [6, 6.07) is 15.6. The molecule has 33 heavy (non-hydrogen) atoms. The van der Waals surface area contributed by atoms with Crippen LogP contribution in [0.3, 0.4) is 0 Å². The van der Waals surface area contributed by atoms with Gasteiger partial charge in [0.1, 0.15) is 10.8 Å². The van der Waals surface area contributed by atoms with E-state index < -0.39 is 0 Å². The average molecular weight is 526 g/mol. The van der Waals surface area contributed by atoms with Crippen LogP contribution in [0.5, 0.6) is 5.75 Å². The molecule has 1 heterocycles. The van der Waals surface area contributed by atoms with Crippen molar-refractivity contribution in [2.45, 2.75) is 58.5 Å². The van der Waals surface area contributed by atoms with Gasteiger partial charge in [-0.25, -0.2) is 4.99 Å². The zero-order valence-electron chi connectivity index (χ0n) is 19.1. The van der Waals surface area contributed by atoms with Gasteiger partial charge in [-0.1, -0.05) is 31.0 Å². The van der Waals surface area contributed by atoms with Gasteiger partial charge in [0, 0.05) is 16.8 Å². The summed E-state index contributed by atoms with van der Waals surface area (Å²) < 4.78 is 6.70. The number of ether oxygens (including phenoxy) is 1. The van der Waals surface area contributed by atoms with Crippen LogP contribution in [0.2, 0.25) is 0 Å². The molecular weight excluding hydrogens is 496 g/mol. The molecule has 0 unspecified atom stereocenters. The third-order valence-electron chi connectivity index (χ3n) is 5.56. The number of carbonyl (C=O) groups excluding carboxylic acids is 1. The molecule has 2 aromatic carbocycles. The Balaban J connectivity index is 1.66. The first kappa shape index (κ1) is 23.7. The molecule has 0 atom stereocenters. The first-order valence-electron chi connectivity index (χ1n) is 11.5. The van der Waals surface area contributed by atoms with Crippen LogP contribution in [-0.2, 0) is 12.8 Å². The van der Waals surface area contributed by atoms with E-state index in [1.165, 1.54) is 29.7 Å². The molecule has 172 valence electrons. The summed E-state index contributed by atoms with van der Waals surface area (Å²) >= 11 is 5.26. The standard InChI is InChI=1S/C27H29BrN2O2S/c1-18(2)32-23-15-14-19(16-22(23)28)17-29-27-25(26(31)30-20-10-6-5-7-11-20)21-12-8-3-4-9-13-24(21)33-27/h5-7,10-11,14-18H,3-4,8-9,12-13H2,1-2H3,(H,30,31). The molecule has 3 aromatic rings. The molecule has 1 aromatic heterocycles. The smallest absolute Gasteiger partial charge is 0.259 e. The zero-order chi connectivity index (χ0) is 23.2. The third-order valence-corrected chi connectivity index (χ3v) is 7.38. The maximum Gasteiger partial charge on any atom is 0.259 e. The molecule has 4 nitrogen and oxygen atoms in total. The topological polar surface area (TPSA) is 50.7 Å². The van der Waals surface area contributed by atoms with Crippen molar-refractivity contribution in [3.8, 4) is 5.75 Å². The van der Waals surface area contributed by atoms with Crippen LogP contribution in [0.15, 0.2) is 58.0 Å². The first-order valence-corrected chi connectivity index (χ1v) is 13.1. The number of para-hydroxylation sites is 1. The highest BCUT2D eigenvalue weighted by molar-refractivity contribution is 9.10. The number of carbonyl (C=O) groups is 1. The van der Waals surface area contributed by atoms with E-state index in [9.17, 15) is 4.79 Å². The second-order valence-electron chi connectivity index (χ2n) is 8.53. The Morgan fingerprint density at radius 1 is 1.09 bits per heavy atom. The number of anilines is 1. The van der Waals surface area contributed by atoms with Crippen molar-refractivity contribution in [3.63, 3.8) is 0 Å². The number of fused-ring (bicyclic) bond motifs is 1. The van der Waals surface area contributed by atoms with Gasteiger partial charge in [0.15, 0.2) is 0 Å². The van der Waals surface area contributed by atoms with Gasteiger partial charge in [-0.15, -0.1) is 11.3 Å². The molecular formula is C27H29BrN2O2S. The van der Waals surface area contributed by atoms with Crippen LogP contribution in [0.1, 0.15) is 65.9 Å². The van der Waals surface area contributed by atoms with Gasteiger partial charge < -0.3 is 10.1 Å². The van der Waals surface area contributed by atoms with Gasteiger partial charge in [-0.3, -0.25) is 4.79 Å². The van der Waals surface area contributed by atoms with Gasteiger partial charge in [-0.05, 0) is 96.9 Å². The number of nitrogens with zero attached hydrogens (tertiary/aromatic N) is 1.